The van der Waals surface area contributed by atoms with Crippen molar-refractivity contribution in [3.8, 4) is 17.2 Å². The highest BCUT2D eigenvalue weighted by molar-refractivity contribution is 5.75. The summed E-state index contributed by atoms with van der Waals surface area (Å²) in [5, 5.41) is 0. The van der Waals surface area contributed by atoms with Crippen molar-refractivity contribution in [1.82, 2.24) is 0 Å². The highest BCUT2D eigenvalue weighted by Crippen LogP contribution is 2.39. The minimum atomic E-state index is -0.238. The Labute approximate surface area is 113 Å². The molecule has 0 saturated heterocycles. The zero-order valence-electron chi connectivity index (χ0n) is 11.9. The fraction of sp³-hybridized carbons (Fsp3) is 0.500. The first-order chi connectivity index (χ1) is 9.03. The number of nitrogens with two attached hydrogens (primary N) is 1. The van der Waals surface area contributed by atoms with E-state index in [0.717, 1.165) is 5.56 Å². The van der Waals surface area contributed by atoms with Crippen molar-refractivity contribution >= 4 is 5.78 Å². The van der Waals surface area contributed by atoms with Gasteiger partial charge in [-0.1, -0.05) is 0 Å². The Bertz CT molecular complexity index is 420. The Hall–Kier alpha value is -1.75. The van der Waals surface area contributed by atoms with E-state index in [1.54, 1.807) is 28.3 Å². The van der Waals surface area contributed by atoms with Crippen LogP contribution in [0.2, 0.25) is 0 Å². The highest BCUT2D eigenvalue weighted by Gasteiger charge is 2.16. The molecular formula is C14H21NO4. The number of benzene rings is 1. The second-order valence-electron chi connectivity index (χ2n) is 4.31. The molecule has 5 nitrogen and oxygen atoms in total. The minimum absolute atomic E-state index is 0.128. The number of carbonyl (C=O) groups is 1. The van der Waals surface area contributed by atoms with Crippen LogP contribution in [0.1, 0.15) is 31.4 Å². The van der Waals surface area contributed by atoms with Crippen molar-refractivity contribution in [2.24, 2.45) is 5.73 Å². The molecule has 0 aliphatic rings. The van der Waals surface area contributed by atoms with Crippen molar-refractivity contribution in [1.29, 1.82) is 0 Å². The molecule has 0 bridgehead atoms. The maximum absolute atomic E-state index is 11.0. The fourth-order valence-electron chi connectivity index (χ4n) is 1.84. The molecule has 0 fully saturated rings. The summed E-state index contributed by atoms with van der Waals surface area (Å²) in [7, 11) is 4.67. The van der Waals surface area contributed by atoms with Gasteiger partial charge in [0.25, 0.3) is 0 Å². The van der Waals surface area contributed by atoms with Gasteiger partial charge in [-0.25, -0.2) is 0 Å². The summed E-state index contributed by atoms with van der Waals surface area (Å²) in [4.78, 5) is 11.0. The molecular weight excluding hydrogens is 246 g/mol. The van der Waals surface area contributed by atoms with E-state index in [4.69, 9.17) is 19.9 Å². The third-order valence-electron chi connectivity index (χ3n) is 2.92. The van der Waals surface area contributed by atoms with E-state index < -0.39 is 0 Å². The van der Waals surface area contributed by atoms with Gasteiger partial charge in [0, 0.05) is 12.5 Å². The predicted octanol–water partition coefficient (Wildman–Crippen LogP) is 2.08. The average molecular weight is 267 g/mol. The molecule has 0 aromatic heterocycles. The predicted molar refractivity (Wildman–Crippen MR) is 72.9 cm³/mol. The molecule has 1 aromatic carbocycles. The fourth-order valence-corrected chi connectivity index (χ4v) is 1.84. The highest BCUT2D eigenvalue weighted by atomic mass is 16.5. The lowest BCUT2D eigenvalue weighted by Gasteiger charge is -2.17. The third kappa shape index (κ3) is 3.86. The van der Waals surface area contributed by atoms with Gasteiger partial charge in [0.05, 0.1) is 21.3 Å². The quantitative estimate of drug-likeness (QED) is 0.819. The van der Waals surface area contributed by atoms with Gasteiger partial charge in [-0.2, -0.15) is 0 Å². The second-order valence-corrected chi connectivity index (χ2v) is 4.31. The van der Waals surface area contributed by atoms with Crippen LogP contribution in [0.4, 0.5) is 0 Å². The molecule has 0 amide bonds. The number of carbonyl (C=O) groups excluding carboxylic acids is 1. The minimum Gasteiger partial charge on any atom is -0.493 e. The molecule has 0 aliphatic carbocycles. The molecule has 0 saturated carbocycles. The van der Waals surface area contributed by atoms with E-state index in [9.17, 15) is 4.79 Å². The van der Waals surface area contributed by atoms with Gasteiger partial charge in [0.15, 0.2) is 11.5 Å². The molecule has 106 valence electrons. The molecule has 2 N–H and O–H groups in total. The standard InChI is InChI=1S/C14H21NO4/c1-9(16)5-6-11(15)10-7-12(17-2)14(19-4)13(8-10)18-3/h7-8,11H,5-6,15H2,1-4H3. The lowest BCUT2D eigenvalue weighted by molar-refractivity contribution is -0.117. The molecule has 0 spiro atoms. The summed E-state index contributed by atoms with van der Waals surface area (Å²) in [5.74, 6) is 1.79. The Morgan fingerprint density at radius 1 is 1.16 bits per heavy atom. The van der Waals surface area contributed by atoms with Gasteiger partial charge in [0.1, 0.15) is 5.78 Å². The van der Waals surface area contributed by atoms with E-state index >= 15 is 0 Å². The molecule has 0 radical (unpaired) electrons. The molecule has 1 rings (SSSR count). The van der Waals surface area contributed by atoms with Crippen molar-refractivity contribution in [2.45, 2.75) is 25.8 Å². The van der Waals surface area contributed by atoms with Crippen molar-refractivity contribution in [3.63, 3.8) is 0 Å². The first kappa shape index (κ1) is 15.3. The number of ether oxygens (including phenoxy) is 3. The topological polar surface area (TPSA) is 70.8 Å². The van der Waals surface area contributed by atoms with Crippen molar-refractivity contribution in [3.05, 3.63) is 17.7 Å². The Kier molecular flexibility index (Phi) is 5.63. The van der Waals surface area contributed by atoms with E-state index in [2.05, 4.69) is 0 Å². The van der Waals surface area contributed by atoms with Crippen LogP contribution in [0, 0.1) is 0 Å². The molecule has 1 aromatic rings. The number of rotatable bonds is 7. The van der Waals surface area contributed by atoms with Gasteiger partial charge in [0.2, 0.25) is 5.75 Å². The monoisotopic (exact) mass is 267 g/mol. The second kappa shape index (κ2) is 6.99. The molecule has 5 heteroatoms. The van der Waals surface area contributed by atoms with E-state index in [0.29, 0.717) is 30.1 Å². The maximum atomic E-state index is 11.0. The van der Waals surface area contributed by atoms with Gasteiger partial charge < -0.3 is 24.7 Å². The van der Waals surface area contributed by atoms with E-state index in [1.165, 1.54) is 0 Å². The van der Waals surface area contributed by atoms with Crippen LogP contribution in [-0.4, -0.2) is 27.1 Å². The van der Waals surface area contributed by atoms with Crippen molar-refractivity contribution in [2.75, 3.05) is 21.3 Å². The van der Waals surface area contributed by atoms with Crippen LogP contribution < -0.4 is 19.9 Å². The Balaban J connectivity index is 3.04. The van der Waals surface area contributed by atoms with Gasteiger partial charge in [-0.05, 0) is 31.0 Å². The van der Waals surface area contributed by atoms with Crippen LogP contribution in [0.15, 0.2) is 12.1 Å². The first-order valence-electron chi connectivity index (χ1n) is 6.08. The third-order valence-corrected chi connectivity index (χ3v) is 2.92. The summed E-state index contributed by atoms with van der Waals surface area (Å²) in [6, 6.07) is 3.38. The van der Waals surface area contributed by atoms with E-state index in [-0.39, 0.29) is 11.8 Å². The zero-order valence-corrected chi connectivity index (χ0v) is 11.9. The summed E-state index contributed by atoms with van der Waals surface area (Å²) in [6.07, 6.45) is 1.05. The summed E-state index contributed by atoms with van der Waals surface area (Å²) in [5.41, 5.74) is 6.94. The van der Waals surface area contributed by atoms with Crippen LogP contribution in [0.5, 0.6) is 17.2 Å². The largest absolute Gasteiger partial charge is 0.493 e. The smallest absolute Gasteiger partial charge is 0.203 e. The van der Waals surface area contributed by atoms with E-state index in [1.807, 2.05) is 12.1 Å². The van der Waals surface area contributed by atoms with Gasteiger partial charge in [-0.15, -0.1) is 0 Å². The zero-order chi connectivity index (χ0) is 14.4. The first-order valence-corrected chi connectivity index (χ1v) is 6.08. The summed E-state index contributed by atoms with van der Waals surface area (Å²) in [6.45, 7) is 1.56. The lowest BCUT2D eigenvalue weighted by atomic mass is 10.0. The normalized spacial score (nSPS) is 11.8. The van der Waals surface area contributed by atoms with Crippen LogP contribution in [0.3, 0.4) is 0 Å². The van der Waals surface area contributed by atoms with Crippen LogP contribution in [0.25, 0.3) is 0 Å². The summed E-state index contributed by atoms with van der Waals surface area (Å²) < 4.78 is 15.8. The Morgan fingerprint density at radius 3 is 2.05 bits per heavy atom. The van der Waals surface area contributed by atoms with Crippen molar-refractivity contribution < 1.29 is 19.0 Å². The molecule has 0 aliphatic heterocycles. The molecule has 1 unspecified atom stereocenters. The Morgan fingerprint density at radius 2 is 1.68 bits per heavy atom. The summed E-state index contributed by atoms with van der Waals surface area (Å²) >= 11 is 0. The molecule has 1 atom stereocenters. The number of hydrogen-bond acceptors (Lipinski definition) is 5. The van der Waals surface area contributed by atoms with Gasteiger partial charge >= 0.3 is 0 Å². The van der Waals surface area contributed by atoms with Crippen LogP contribution >= 0.6 is 0 Å². The number of hydrogen-bond donors (Lipinski definition) is 1. The molecule has 0 heterocycles. The lowest BCUT2D eigenvalue weighted by Crippen LogP contribution is -2.12. The van der Waals surface area contributed by atoms with Gasteiger partial charge in [-0.3, -0.25) is 0 Å². The average Bonchev–Trinajstić information content (AvgIpc) is 2.42. The number of Topliss-reactive ketones (excluding diaryl/α,β-unsaturated/α-hetero) is 1. The maximum Gasteiger partial charge on any atom is 0.203 e. The molecule has 19 heavy (non-hydrogen) atoms. The number of ketones is 1. The number of methoxy groups -OCH3 is 3. The SMILES string of the molecule is COc1cc(C(N)CCC(C)=O)cc(OC)c1OC. The van der Waals surface area contributed by atoms with Crippen LogP contribution in [-0.2, 0) is 4.79 Å².